The van der Waals surface area contributed by atoms with Gasteiger partial charge in [0.25, 0.3) is 0 Å². The number of hydrogen-bond donors (Lipinski definition) is 1. The lowest BCUT2D eigenvalue weighted by Gasteiger charge is -2.34. The molecule has 108 valence electrons. The van der Waals surface area contributed by atoms with Gasteiger partial charge in [-0.3, -0.25) is 0 Å². The fourth-order valence-electron chi connectivity index (χ4n) is 2.88. The van der Waals surface area contributed by atoms with E-state index in [0.29, 0.717) is 17.4 Å². The number of nitrogens with one attached hydrogen (secondary N) is 1. The van der Waals surface area contributed by atoms with E-state index in [1.807, 2.05) is 12.3 Å². The quantitative estimate of drug-likeness (QED) is 0.933. The lowest BCUT2D eigenvalue weighted by molar-refractivity contribution is 0.396. The Hall–Kier alpha value is -2.55. The summed E-state index contributed by atoms with van der Waals surface area (Å²) in [5, 5.41) is 9.40. The van der Waals surface area contributed by atoms with Crippen molar-refractivity contribution >= 4 is 5.69 Å². The summed E-state index contributed by atoms with van der Waals surface area (Å²) >= 11 is 0. The molecule has 0 aromatic carbocycles. The highest BCUT2D eigenvalue weighted by Gasteiger charge is 2.25. The number of aromatic nitrogens is 3. The van der Waals surface area contributed by atoms with Crippen molar-refractivity contribution in [3.05, 3.63) is 36.0 Å². The largest absolute Gasteiger partial charge is 0.480 e. The molecule has 0 amide bonds. The third-order valence-corrected chi connectivity index (χ3v) is 3.87. The molecule has 1 atom stereocenters. The second kappa shape index (κ2) is 5.83. The highest BCUT2D eigenvalue weighted by molar-refractivity contribution is 5.63. The zero-order valence-electron chi connectivity index (χ0n) is 11.9. The van der Waals surface area contributed by atoms with Crippen LogP contribution in [0, 0.1) is 11.3 Å². The Kier molecular flexibility index (Phi) is 3.73. The number of hydrogen-bond acceptors (Lipinski definition) is 5. The first-order chi connectivity index (χ1) is 10.3. The highest BCUT2D eigenvalue weighted by atomic mass is 16.5. The number of anilines is 1. The van der Waals surface area contributed by atoms with Gasteiger partial charge in [-0.25, -0.2) is 9.97 Å². The molecule has 2 aromatic rings. The van der Waals surface area contributed by atoms with Crippen LogP contribution in [0.3, 0.4) is 0 Å². The standard InChI is InChI=1S/C15H17N5O/c1-21-15-12(9-16)13(4-5-19-15)20-8-2-3-11(10-20)14-17-6-7-18-14/h4-7,11H,2-3,8,10H2,1H3,(H,17,18). The van der Waals surface area contributed by atoms with Crippen LogP contribution in [-0.2, 0) is 0 Å². The Balaban J connectivity index is 1.89. The molecule has 0 saturated carbocycles. The molecule has 0 aliphatic carbocycles. The van der Waals surface area contributed by atoms with Crippen LogP contribution in [-0.4, -0.2) is 35.2 Å². The highest BCUT2D eigenvalue weighted by Crippen LogP contribution is 2.32. The van der Waals surface area contributed by atoms with E-state index in [0.717, 1.165) is 37.4 Å². The van der Waals surface area contributed by atoms with Crippen LogP contribution in [0.15, 0.2) is 24.7 Å². The molecule has 0 bridgehead atoms. The van der Waals surface area contributed by atoms with Gasteiger partial charge in [0.15, 0.2) is 0 Å². The van der Waals surface area contributed by atoms with Gasteiger partial charge >= 0.3 is 0 Å². The summed E-state index contributed by atoms with van der Waals surface area (Å²) in [5.74, 6) is 1.76. The number of nitrogens with zero attached hydrogens (tertiary/aromatic N) is 4. The van der Waals surface area contributed by atoms with Crippen molar-refractivity contribution in [3.8, 4) is 11.9 Å². The Labute approximate surface area is 123 Å². The molecule has 3 heterocycles. The third kappa shape index (κ3) is 2.55. The number of ether oxygens (including phenoxy) is 1. The number of aromatic amines is 1. The molecule has 2 aromatic heterocycles. The van der Waals surface area contributed by atoms with Gasteiger partial charge in [-0.2, -0.15) is 5.26 Å². The molecule has 1 aliphatic heterocycles. The van der Waals surface area contributed by atoms with Crippen molar-refractivity contribution in [1.82, 2.24) is 15.0 Å². The van der Waals surface area contributed by atoms with Gasteiger partial charge in [0.05, 0.1) is 12.8 Å². The van der Waals surface area contributed by atoms with E-state index in [1.165, 1.54) is 7.11 Å². The van der Waals surface area contributed by atoms with Crippen LogP contribution in [0.2, 0.25) is 0 Å². The summed E-state index contributed by atoms with van der Waals surface area (Å²) in [7, 11) is 1.54. The molecule has 6 heteroatoms. The summed E-state index contributed by atoms with van der Waals surface area (Å²) in [4.78, 5) is 13.9. The molecular formula is C15H17N5O. The SMILES string of the molecule is COc1nccc(N2CCCC(c3ncc[nH]3)C2)c1C#N. The minimum absolute atomic E-state index is 0.361. The maximum atomic E-state index is 9.40. The van der Waals surface area contributed by atoms with E-state index in [2.05, 4.69) is 25.9 Å². The molecule has 0 spiro atoms. The summed E-state index contributed by atoms with van der Waals surface area (Å²) in [6.45, 7) is 1.77. The van der Waals surface area contributed by atoms with E-state index in [4.69, 9.17) is 4.74 Å². The van der Waals surface area contributed by atoms with Crippen LogP contribution in [0.4, 0.5) is 5.69 Å². The first-order valence-corrected chi connectivity index (χ1v) is 7.00. The molecule has 1 aliphatic rings. The van der Waals surface area contributed by atoms with Gasteiger partial charge in [0.1, 0.15) is 17.5 Å². The van der Waals surface area contributed by atoms with E-state index in [9.17, 15) is 5.26 Å². The third-order valence-electron chi connectivity index (χ3n) is 3.87. The zero-order valence-corrected chi connectivity index (χ0v) is 11.9. The minimum atomic E-state index is 0.361. The first-order valence-electron chi connectivity index (χ1n) is 7.00. The number of rotatable bonds is 3. The summed E-state index contributed by atoms with van der Waals surface area (Å²) in [5.41, 5.74) is 1.39. The maximum absolute atomic E-state index is 9.40. The maximum Gasteiger partial charge on any atom is 0.233 e. The number of piperidine rings is 1. The Morgan fingerprint density at radius 3 is 3.05 bits per heavy atom. The second-order valence-corrected chi connectivity index (χ2v) is 5.09. The van der Waals surface area contributed by atoms with Crippen LogP contribution in [0.5, 0.6) is 5.88 Å². The van der Waals surface area contributed by atoms with E-state index >= 15 is 0 Å². The van der Waals surface area contributed by atoms with Crippen LogP contribution in [0.1, 0.15) is 30.1 Å². The van der Waals surface area contributed by atoms with Crippen molar-refractivity contribution in [3.63, 3.8) is 0 Å². The molecule has 1 N–H and O–H groups in total. The smallest absolute Gasteiger partial charge is 0.233 e. The van der Waals surface area contributed by atoms with Crippen LogP contribution < -0.4 is 9.64 Å². The zero-order chi connectivity index (χ0) is 14.7. The molecule has 1 unspecified atom stereocenters. The number of nitriles is 1. The molecule has 3 rings (SSSR count). The number of pyridine rings is 1. The predicted molar refractivity (Wildman–Crippen MR) is 78.3 cm³/mol. The van der Waals surface area contributed by atoms with Crippen molar-refractivity contribution < 1.29 is 4.74 Å². The lowest BCUT2D eigenvalue weighted by Crippen LogP contribution is -2.35. The number of methoxy groups -OCH3 is 1. The topological polar surface area (TPSA) is 77.8 Å². The fraction of sp³-hybridized carbons (Fsp3) is 0.400. The van der Waals surface area contributed by atoms with Gasteiger partial charge in [-0.15, -0.1) is 0 Å². The van der Waals surface area contributed by atoms with Crippen molar-refractivity contribution in [2.75, 3.05) is 25.1 Å². The monoisotopic (exact) mass is 283 g/mol. The molecule has 1 saturated heterocycles. The average molecular weight is 283 g/mol. The van der Waals surface area contributed by atoms with E-state index < -0.39 is 0 Å². The van der Waals surface area contributed by atoms with Crippen molar-refractivity contribution in [2.24, 2.45) is 0 Å². The first kappa shape index (κ1) is 13.4. The lowest BCUT2D eigenvalue weighted by atomic mass is 9.96. The van der Waals surface area contributed by atoms with Gasteiger partial charge < -0.3 is 14.6 Å². The Bertz CT molecular complexity index is 647. The second-order valence-electron chi connectivity index (χ2n) is 5.09. The van der Waals surface area contributed by atoms with Crippen LogP contribution >= 0.6 is 0 Å². The number of H-pyrrole nitrogens is 1. The van der Waals surface area contributed by atoms with Gasteiger partial charge in [-0.1, -0.05) is 0 Å². The summed E-state index contributed by atoms with van der Waals surface area (Å²) < 4.78 is 5.19. The minimum Gasteiger partial charge on any atom is -0.480 e. The predicted octanol–water partition coefficient (Wildman–Crippen LogP) is 2.07. The molecule has 6 nitrogen and oxygen atoms in total. The van der Waals surface area contributed by atoms with Gasteiger partial charge in [-0.05, 0) is 18.9 Å². The summed E-state index contributed by atoms with van der Waals surface area (Å²) in [6, 6.07) is 4.09. The fourth-order valence-corrected chi connectivity index (χ4v) is 2.88. The van der Waals surface area contributed by atoms with Crippen molar-refractivity contribution in [1.29, 1.82) is 5.26 Å². The Morgan fingerprint density at radius 2 is 2.33 bits per heavy atom. The summed E-state index contributed by atoms with van der Waals surface area (Å²) in [6.07, 6.45) is 7.50. The number of imidazole rings is 1. The Morgan fingerprint density at radius 1 is 1.43 bits per heavy atom. The normalized spacial score (nSPS) is 18.3. The molecular weight excluding hydrogens is 266 g/mol. The van der Waals surface area contributed by atoms with E-state index in [1.54, 1.807) is 12.4 Å². The van der Waals surface area contributed by atoms with E-state index in [-0.39, 0.29) is 0 Å². The average Bonchev–Trinajstić information content (AvgIpc) is 3.08. The molecule has 21 heavy (non-hydrogen) atoms. The van der Waals surface area contributed by atoms with Gasteiger partial charge in [0, 0.05) is 37.6 Å². The molecule has 0 radical (unpaired) electrons. The van der Waals surface area contributed by atoms with Crippen molar-refractivity contribution in [2.45, 2.75) is 18.8 Å². The van der Waals surface area contributed by atoms with Gasteiger partial charge in [0.2, 0.25) is 5.88 Å². The molecule has 1 fully saturated rings. The van der Waals surface area contributed by atoms with Crippen LogP contribution in [0.25, 0.3) is 0 Å².